The van der Waals surface area contributed by atoms with Crippen LogP contribution in [-0.2, 0) is 0 Å². The summed E-state index contributed by atoms with van der Waals surface area (Å²) >= 11 is 6.46. The number of ketones is 1. The Morgan fingerprint density at radius 2 is 1.88 bits per heavy atom. The molecule has 5 rings (SSSR count). The first-order chi connectivity index (χ1) is 19.7. The summed E-state index contributed by atoms with van der Waals surface area (Å²) in [4.78, 5) is 45.3. The smallest absolute Gasteiger partial charge is 0.410 e. The van der Waals surface area contributed by atoms with Crippen molar-refractivity contribution < 1.29 is 23.5 Å². The number of pyridine rings is 1. The van der Waals surface area contributed by atoms with E-state index in [1.165, 1.54) is 35.2 Å². The Kier molecular flexibility index (Phi) is 8.63. The number of carbonyl (C=O) groups is 3. The number of rotatable bonds is 7. The van der Waals surface area contributed by atoms with E-state index in [0.29, 0.717) is 43.6 Å². The number of aromatic nitrogens is 1. The SMILES string of the molecule is CN(C(=O)Oc1ccc(F)cc1)[C@@H]1CNC[C@H]1c1cc(C(N)=O)c(Cl)cc1C(=O)C1CCNC(c2ccccn2)C1. The van der Waals surface area contributed by atoms with Gasteiger partial charge in [0.15, 0.2) is 5.78 Å². The molecule has 2 unspecified atom stereocenters. The van der Waals surface area contributed by atoms with Gasteiger partial charge in [-0.15, -0.1) is 0 Å². The fourth-order valence-corrected chi connectivity index (χ4v) is 5.94. The van der Waals surface area contributed by atoms with Crippen molar-refractivity contribution in [1.82, 2.24) is 20.5 Å². The first-order valence-electron chi connectivity index (χ1n) is 13.5. The van der Waals surface area contributed by atoms with Crippen LogP contribution < -0.4 is 21.1 Å². The molecule has 3 aromatic rings. The molecule has 4 atom stereocenters. The van der Waals surface area contributed by atoms with Crippen LogP contribution in [0.15, 0.2) is 60.8 Å². The van der Waals surface area contributed by atoms with E-state index in [-0.39, 0.29) is 40.0 Å². The number of hydrogen-bond acceptors (Lipinski definition) is 7. The molecular formula is C30H31ClFN5O4. The zero-order valence-corrected chi connectivity index (χ0v) is 23.2. The lowest BCUT2D eigenvalue weighted by molar-refractivity contribution is 0.0874. The number of likely N-dealkylation sites (N-methyl/N-ethyl adjacent to an activating group) is 1. The largest absolute Gasteiger partial charge is 0.415 e. The summed E-state index contributed by atoms with van der Waals surface area (Å²) in [6, 6.07) is 13.5. The van der Waals surface area contributed by atoms with Gasteiger partial charge in [-0.2, -0.15) is 0 Å². The maximum Gasteiger partial charge on any atom is 0.415 e. The van der Waals surface area contributed by atoms with E-state index < -0.39 is 23.9 Å². The van der Waals surface area contributed by atoms with Gasteiger partial charge < -0.3 is 26.0 Å². The van der Waals surface area contributed by atoms with Crippen molar-refractivity contribution in [2.24, 2.45) is 11.7 Å². The average Bonchev–Trinajstić information content (AvgIpc) is 3.47. The van der Waals surface area contributed by atoms with Gasteiger partial charge in [0.1, 0.15) is 11.6 Å². The predicted molar refractivity (Wildman–Crippen MR) is 152 cm³/mol. The van der Waals surface area contributed by atoms with Gasteiger partial charge in [-0.1, -0.05) is 17.7 Å². The summed E-state index contributed by atoms with van der Waals surface area (Å²) in [5.41, 5.74) is 7.60. The molecule has 1 aromatic heterocycles. The zero-order chi connectivity index (χ0) is 29.1. The highest BCUT2D eigenvalue weighted by molar-refractivity contribution is 6.34. The van der Waals surface area contributed by atoms with Crippen LogP contribution >= 0.6 is 11.6 Å². The van der Waals surface area contributed by atoms with E-state index in [1.807, 2.05) is 18.2 Å². The molecule has 2 amide bonds. The molecule has 0 saturated carbocycles. The van der Waals surface area contributed by atoms with Gasteiger partial charge in [0.2, 0.25) is 5.91 Å². The van der Waals surface area contributed by atoms with Crippen LogP contribution in [0.25, 0.3) is 0 Å². The lowest BCUT2D eigenvalue weighted by Gasteiger charge is -2.32. The molecule has 2 aliphatic rings. The van der Waals surface area contributed by atoms with Crippen LogP contribution in [-0.4, -0.2) is 60.4 Å². The molecule has 4 N–H and O–H groups in total. The lowest BCUT2D eigenvalue weighted by atomic mass is 9.80. The van der Waals surface area contributed by atoms with Crippen LogP contribution in [0.5, 0.6) is 5.75 Å². The third-order valence-corrected chi connectivity index (χ3v) is 8.19. The minimum Gasteiger partial charge on any atom is -0.410 e. The van der Waals surface area contributed by atoms with Crippen molar-refractivity contribution in [2.75, 3.05) is 26.7 Å². The summed E-state index contributed by atoms with van der Waals surface area (Å²) < 4.78 is 18.7. The van der Waals surface area contributed by atoms with E-state index >= 15 is 0 Å². The van der Waals surface area contributed by atoms with E-state index in [0.717, 1.165) is 5.69 Å². The highest BCUT2D eigenvalue weighted by Gasteiger charge is 2.39. The number of ether oxygens (including phenoxy) is 1. The molecule has 0 radical (unpaired) electrons. The van der Waals surface area contributed by atoms with E-state index in [4.69, 9.17) is 22.1 Å². The molecule has 3 heterocycles. The van der Waals surface area contributed by atoms with E-state index in [9.17, 15) is 18.8 Å². The van der Waals surface area contributed by atoms with Gasteiger partial charge in [-0.25, -0.2) is 9.18 Å². The lowest BCUT2D eigenvalue weighted by Crippen LogP contribution is -2.43. The molecular weight excluding hydrogens is 549 g/mol. The normalized spacial score (nSPS) is 22.2. The molecule has 2 aromatic carbocycles. The fourth-order valence-electron chi connectivity index (χ4n) is 5.68. The Labute approximate surface area is 242 Å². The maximum atomic E-state index is 14.1. The molecule has 9 nitrogen and oxygen atoms in total. The van der Waals surface area contributed by atoms with Gasteiger partial charge in [-0.3, -0.25) is 14.6 Å². The van der Waals surface area contributed by atoms with Crippen molar-refractivity contribution in [2.45, 2.75) is 30.8 Å². The number of primary amides is 1. The zero-order valence-electron chi connectivity index (χ0n) is 22.5. The maximum absolute atomic E-state index is 14.1. The molecule has 41 heavy (non-hydrogen) atoms. The topological polar surface area (TPSA) is 127 Å². The Morgan fingerprint density at radius 3 is 2.59 bits per heavy atom. The average molecular weight is 580 g/mol. The number of hydrogen-bond donors (Lipinski definition) is 3. The number of nitrogens with one attached hydrogen (secondary N) is 2. The number of benzene rings is 2. The first kappa shape index (κ1) is 28.7. The fraction of sp³-hybridized carbons (Fsp3) is 0.333. The number of amides is 2. The third-order valence-electron chi connectivity index (χ3n) is 7.88. The molecule has 214 valence electrons. The monoisotopic (exact) mass is 579 g/mol. The number of halogens is 2. The quantitative estimate of drug-likeness (QED) is 0.360. The van der Waals surface area contributed by atoms with Crippen LogP contribution in [0.3, 0.4) is 0 Å². The van der Waals surface area contributed by atoms with Crippen LogP contribution in [0.2, 0.25) is 5.02 Å². The van der Waals surface area contributed by atoms with Crippen molar-refractivity contribution >= 4 is 29.4 Å². The summed E-state index contributed by atoms with van der Waals surface area (Å²) in [7, 11) is 1.60. The van der Waals surface area contributed by atoms with E-state index in [1.54, 1.807) is 19.3 Å². The van der Waals surface area contributed by atoms with Gasteiger partial charge >= 0.3 is 6.09 Å². The Morgan fingerprint density at radius 1 is 1.10 bits per heavy atom. The van der Waals surface area contributed by atoms with Gasteiger partial charge in [0, 0.05) is 43.7 Å². The Balaban J connectivity index is 1.44. The summed E-state index contributed by atoms with van der Waals surface area (Å²) in [5, 5.41) is 6.83. The molecule has 2 fully saturated rings. The van der Waals surface area contributed by atoms with Crippen molar-refractivity contribution in [3.63, 3.8) is 0 Å². The molecule has 0 spiro atoms. The van der Waals surface area contributed by atoms with Crippen LogP contribution in [0, 0.1) is 11.7 Å². The first-order valence-corrected chi connectivity index (χ1v) is 13.8. The summed E-state index contributed by atoms with van der Waals surface area (Å²) in [6.07, 6.45) is 2.28. The third kappa shape index (κ3) is 6.24. The number of Topliss-reactive ketones (excluding diaryl/α,β-unsaturated/α-hetero) is 1. The minimum atomic E-state index is -0.709. The van der Waals surface area contributed by atoms with Crippen LogP contribution in [0.4, 0.5) is 9.18 Å². The molecule has 0 bridgehead atoms. The molecule has 2 saturated heterocycles. The number of piperidine rings is 1. The second kappa shape index (κ2) is 12.3. The van der Waals surface area contributed by atoms with Crippen LogP contribution in [0.1, 0.15) is 56.8 Å². The summed E-state index contributed by atoms with van der Waals surface area (Å²) in [5.74, 6) is -1.68. The second-order valence-electron chi connectivity index (χ2n) is 10.4. The van der Waals surface area contributed by atoms with Gasteiger partial charge in [0.25, 0.3) is 0 Å². The van der Waals surface area contributed by atoms with E-state index in [2.05, 4.69) is 15.6 Å². The predicted octanol–water partition coefficient (Wildman–Crippen LogP) is 4.08. The van der Waals surface area contributed by atoms with Gasteiger partial charge in [0.05, 0.1) is 28.4 Å². The van der Waals surface area contributed by atoms with Gasteiger partial charge in [-0.05, 0) is 73.5 Å². The molecule has 11 heteroatoms. The second-order valence-corrected chi connectivity index (χ2v) is 10.8. The molecule has 0 aliphatic carbocycles. The highest BCUT2D eigenvalue weighted by atomic mass is 35.5. The molecule has 2 aliphatic heterocycles. The van der Waals surface area contributed by atoms with Crippen molar-refractivity contribution in [3.8, 4) is 5.75 Å². The Bertz CT molecular complexity index is 1440. The highest BCUT2D eigenvalue weighted by Crippen LogP contribution is 2.36. The number of carbonyl (C=O) groups excluding carboxylic acids is 3. The minimum absolute atomic E-state index is 0.0732. The number of nitrogens with two attached hydrogens (primary N) is 1. The standard InChI is InChI=1S/C30H31ClFN5O4/c1-37(30(40)41-19-7-5-18(32)6-8-19)27-16-34-15-23(27)20-13-22(29(33)39)24(31)14-21(20)28(38)17-9-11-36-26(12-17)25-4-2-3-10-35-25/h2-8,10,13-14,17,23,26-27,34,36H,9,11-12,15-16H2,1H3,(H2,33,39)/t17?,23-,26?,27+/m0/s1. The number of nitrogens with zero attached hydrogens (tertiary/aromatic N) is 2. The van der Waals surface area contributed by atoms with Crippen molar-refractivity contribution in [3.05, 3.63) is 94.0 Å². The summed E-state index contributed by atoms with van der Waals surface area (Å²) in [6.45, 7) is 1.52. The van der Waals surface area contributed by atoms with Crippen molar-refractivity contribution in [1.29, 1.82) is 0 Å². The Hall–Kier alpha value is -3.86.